The van der Waals surface area contributed by atoms with E-state index in [0.717, 1.165) is 0 Å². The summed E-state index contributed by atoms with van der Waals surface area (Å²) >= 11 is 0. The molecule has 156 valence electrons. The van der Waals surface area contributed by atoms with Crippen LogP contribution in [-0.2, 0) is 14.4 Å². The minimum absolute atomic E-state index is 0.00431. The summed E-state index contributed by atoms with van der Waals surface area (Å²) < 4.78 is 0. The largest absolute Gasteiger partial charge is 0.481 e. The summed E-state index contributed by atoms with van der Waals surface area (Å²) in [7, 11) is 0. The fourth-order valence-electron chi connectivity index (χ4n) is 8.11. The van der Waals surface area contributed by atoms with Crippen LogP contribution in [0.2, 0.25) is 0 Å². The van der Waals surface area contributed by atoms with Crippen molar-refractivity contribution in [3.63, 3.8) is 0 Å². The van der Waals surface area contributed by atoms with E-state index >= 15 is 0 Å². The van der Waals surface area contributed by atoms with Crippen LogP contribution in [0.5, 0.6) is 0 Å². The lowest BCUT2D eigenvalue weighted by molar-refractivity contribution is -0.191. The van der Waals surface area contributed by atoms with E-state index in [9.17, 15) is 39.9 Å². The Morgan fingerprint density at radius 1 is 0.964 bits per heavy atom. The molecule has 5 N–H and O–H groups in total. The standard InChI is InChI=1S/C20H28O8/c1-17(28)8-19-7-9(17)3-4-10(19)20(16(26)27)6-5-11(21)18(2,15(24)25)13(20)12(19)14(22)23/h9-13,21,28H,3-8H2,1-2H3,(H,22,23)(H,24,25)(H,26,27)/t9-,10-,11+,12-,13-,17-,18-,19-,20-/m1/s1. The number of carboxylic acid groups (broad SMARTS) is 3. The third-order valence-corrected chi connectivity index (χ3v) is 9.12. The Kier molecular flexibility index (Phi) is 3.84. The third-order valence-electron chi connectivity index (χ3n) is 9.12. The van der Waals surface area contributed by atoms with Crippen molar-refractivity contribution in [3.05, 3.63) is 0 Å². The molecule has 0 amide bonds. The van der Waals surface area contributed by atoms with Crippen LogP contribution in [-0.4, -0.2) is 55.1 Å². The summed E-state index contributed by atoms with van der Waals surface area (Å²) in [6.45, 7) is 2.98. The summed E-state index contributed by atoms with van der Waals surface area (Å²) in [6, 6.07) is 0. The van der Waals surface area contributed by atoms with Crippen molar-refractivity contribution in [2.75, 3.05) is 0 Å². The molecular formula is C20H28O8. The Hall–Kier alpha value is -1.67. The molecule has 0 radical (unpaired) electrons. The van der Waals surface area contributed by atoms with Gasteiger partial charge in [-0.25, -0.2) is 0 Å². The summed E-state index contributed by atoms with van der Waals surface area (Å²) in [5, 5.41) is 52.2. The van der Waals surface area contributed by atoms with Crippen LogP contribution in [0.1, 0.15) is 52.4 Å². The molecule has 4 aliphatic rings. The fourth-order valence-corrected chi connectivity index (χ4v) is 8.11. The van der Waals surface area contributed by atoms with Gasteiger partial charge in [-0.05, 0) is 69.6 Å². The first-order chi connectivity index (χ1) is 12.9. The van der Waals surface area contributed by atoms with Gasteiger partial charge in [-0.15, -0.1) is 0 Å². The van der Waals surface area contributed by atoms with Crippen LogP contribution in [0.4, 0.5) is 0 Å². The summed E-state index contributed by atoms with van der Waals surface area (Å²) in [4.78, 5) is 37.5. The average Bonchev–Trinajstić information content (AvgIpc) is 2.96. The Labute approximate surface area is 162 Å². The quantitative estimate of drug-likeness (QED) is 0.477. The monoisotopic (exact) mass is 396 g/mol. The molecule has 4 aliphatic carbocycles. The zero-order valence-electron chi connectivity index (χ0n) is 16.1. The maximum atomic E-state index is 12.7. The Balaban J connectivity index is 2.02. The topological polar surface area (TPSA) is 152 Å². The predicted octanol–water partition coefficient (Wildman–Crippen LogP) is 1.19. The minimum Gasteiger partial charge on any atom is -0.481 e. The van der Waals surface area contributed by atoms with Crippen molar-refractivity contribution < 1.29 is 39.9 Å². The molecular weight excluding hydrogens is 368 g/mol. The van der Waals surface area contributed by atoms with Crippen molar-refractivity contribution in [3.8, 4) is 0 Å². The molecule has 0 unspecified atom stereocenters. The highest BCUT2D eigenvalue weighted by Gasteiger charge is 2.81. The molecule has 1 spiro atoms. The van der Waals surface area contributed by atoms with Gasteiger partial charge in [0, 0.05) is 5.92 Å². The van der Waals surface area contributed by atoms with Gasteiger partial charge in [0.2, 0.25) is 0 Å². The SMILES string of the molecule is C[C@]1(C(=O)O)[C@H]2[C@H](C(=O)O)[C@@]34C[C@@H](CC[C@H]3[C@]2(C(=O)O)CC[C@@H]1O)[C@](C)(O)C4. The molecule has 0 aromatic heterocycles. The van der Waals surface area contributed by atoms with Gasteiger partial charge >= 0.3 is 17.9 Å². The number of hydrogen-bond acceptors (Lipinski definition) is 5. The summed E-state index contributed by atoms with van der Waals surface area (Å²) in [6.07, 6.45) is 0.338. The Morgan fingerprint density at radius 3 is 2.14 bits per heavy atom. The maximum absolute atomic E-state index is 12.7. The van der Waals surface area contributed by atoms with E-state index in [2.05, 4.69) is 0 Å². The number of aliphatic carboxylic acids is 3. The average molecular weight is 396 g/mol. The van der Waals surface area contributed by atoms with Crippen LogP contribution < -0.4 is 0 Å². The smallest absolute Gasteiger partial charge is 0.312 e. The van der Waals surface area contributed by atoms with Gasteiger partial charge in [-0.1, -0.05) is 0 Å². The van der Waals surface area contributed by atoms with Crippen LogP contribution in [0, 0.1) is 39.9 Å². The lowest BCUT2D eigenvalue weighted by Crippen LogP contribution is -2.60. The van der Waals surface area contributed by atoms with Crippen LogP contribution in [0.15, 0.2) is 0 Å². The molecule has 4 fully saturated rings. The number of rotatable bonds is 3. The summed E-state index contributed by atoms with van der Waals surface area (Å²) in [5.74, 6) is -6.89. The first-order valence-corrected chi connectivity index (χ1v) is 9.95. The number of fused-ring (bicyclic) bond motifs is 3. The highest BCUT2D eigenvalue weighted by molar-refractivity contribution is 5.86. The van der Waals surface area contributed by atoms with Gasteiger partial charge in [-0.3, -0.25) is 14.4 Å². The Bertz CT molecular complexity index is 761. The van der Waals surface area contributed by atoms with Gasteiger partial charge in [0.25, 0.3) is 0 Å². The molecule has 4 rings (SSSR count). The molecule has 2 bridgehead atoms. The van der Waals surface area contributed by atoms with Gasteiger partial charge in [0.15, 0.2) is 0 Å². The Morgan fingerprint density at radius 2 is 1.61 bits per heavy atom. The van der Waals surface area contributed by atoms with Gasteiger partial charge in [-0.2, -0.15) is 0 Å². The number of carbonyl (C=O) groups is 3. The molecule has 0 aliphatic heterocycles. The predicted molar refractivity (Wildman–Crippen MR) is 94.2 cm³/mol. The third kappa shape index (κ3) is 1.95. The highest BCUT2D eigenvalue weighted by atomic mass is 16.4. The molecule has 0 heterocycles. The molecule has 0 aromatic carbocycles. The van der Waals surface area contributed by atoms with Crippen molar-refractivity contribution in [2.24, 2.45) is 39.9 Å². The molecule has 8 heteroatoms. The number of hydrogen-bond donors (Lipinski definition) is 5. The highest BCUT2D eigenvalue weighted by Crippen LogP contribution is 2.78. The normalized spacial score (nSPS) is 54.6. The van der Waals surface area contributed by atoms with Crippen LogP contribution in [0.25, 0.3) is 0 Å². The van der Waals surface area contributed by atoms with E-state index in [-0.39, 0.29) is 25.2 Å². The first-order valence-electron chi connectivity index (χ1n) is 9.95. The van der Waals surface area contributed by atoms with Crippen molar-refractivity contribution in [1.29, 1.82) is 0 Å². The number of aliphatic hydroxyl groups excluding tert-OH is 1. The van der Waals surface area contributed by atoms with E-state index in [0.29, 0.717) is 19.3 Å². The van der Waals surface area contributed by atoms with E-state index < -0.39 is 63.6 Å². The second-order valence-electron chi connectivity index (χ2n) is 10.1. The van der Waals surface area contributed by atoms with E-state index in [1.165, 1.54) is 6.92 Å². The maximum Gasteiger partial charge on any atom is 0.312 e. The van der Waals surface area contributed by atoms with Crippen molar-refractivity contribution >= 4 is 17.9 Å². The second kappa shape index (κ2) is 5.48. The lowest BCUT2D eigenvalue weighted by atomic mass is 9.51. The minimum atomic E-state index is -1.88. The molecule has 0 aromatic rings. The fraction of sp³-hybridized carbons (Fsp3) is 0.850. The van der Waals surface area contributed by atoms with Crippen LogP contribution >= 0.6 is 0 Å². The van der Waals surface area contributed by atoms with Crippen LogP contribution in [0.3, 0.4) is 0 Å². The zero-order chi connectivity index (χ0) is 20.9. The molecule has 9 atom stereocenters. The van der Waals surface area contributed by atoms with E-state index in [1.54, 1.807) is 6.92 Å². The second-order valence-corrected chi connectivity index (χ2v) is 10.1. The van der Waals surface area contributed by atoms with E-state index in [4.69, 9.17) is 0 Å². The molecule has 8 nitrogen and oxygen atoms in total. The lowest BCUT2D eigenvalue weighted by Gasteiger charge is -2.51. The summed E-state index contributed by atoms with van der Waals surface area (Å²) in [5.41, 5.74) is -5.48. The van der Waals surface area contributed by atoms with Crippen molar-refractivity contribution in [2.45, 2.75) is 64.1 Å². The molecule has 0 saturated heterocycles. The van der Waals surface area contributed by atoms with E-state index in [1.807, 2.05) is 0 Å². The van der Waals surface area contributed by atoms with Gasteiger partial charge in [0.1, 0.15) is 0 Å². The zero-order valence-corrected chi connectivity index (χ0v) is 16.1. The van der Waals surface area contributed by atoms with Gasteiger partial charge < -0.3 is 25.5 Å². The molecule has 28 heavy (non-hydrogen) atoms. The van der Waals surface area contributed by atoms with Gasteiger partial charge in [0.05, 0.1) is 28.5 Å². The number of aliphatic hydroxyl groups is 2. The number of carboxylic acids is 3. The molecule has 4 saturated carbocycles. The van der Waals surface area contributed by atoms with Crippen molar-refractivity contribution in [1.82, 2.24) is 0 Å². The first kappa shape index (κ1) is 19.6.